The molecule has 0 radical (unpaired) electrons. The second-order valence-electron chi connectivity index (χ2n) is 7.22. The Morgan fingerprint density at radius 3 is 2.30 bits per heavy atom. The predicted octanol–water partition coefficient (Wildman–Crippen LogP) is 2.61. The Bertz CT molecular complexity index is 1010. The molecule has 0 saturated carbocycles. The van der Waals surface area contributed by atoms with Gasteiger partial charge in [-0.05, 0) is 23.3 Å². The molecule has 0 aliphatic carbocycles. The summed E-state index contributed by atoms with van der Waals surface area (Å²) in [7, 11) is 2.85. The number of esters is 2. The van der Waals surface area contributed by atoms with Gasteiger partial charge in [0.05, 0.1) is 31.8 Å². The summed E-state index contributed by atoms with van der Waals surface area (Å²) in [6.45, 7) is 0.0422. The third-order valence-electron chi connectivity index (χ3n) is 5.17. The van der Waals surface area contributed by atoms with Gasteiger partial charge in [-0.3, -0.25) is 14.4 Å². The number of carbonyl (C=O) groups is 4. The fourth-order valence-electron chi connectivity index (χ4n) is 3.58. The Kier molecular flexibility index (Phi) is 7.94. The van der Waals surface area contributed by atoms with Crippen LogP contribution in [0.4, 0.5) is 4.79 Å². The summed E-state index contributed by atoms with van der Waals surface area (Å²) >= 11 is 1.24. The molecule has 3 rings (SSSR count). The molecule has 1 fully saturated rings. The van der Waals surface area contributed by atoms with E-state index in [0.717, 1.165) is 5.56 Å². The number of primary amides is 1. The van der Waals surface area contributed by atoms with Gasteiger partial charge in [-0.2, -0.15) is 0 Å². The fraction of sp³-hybridized carbons (Fsp3) is 0.304. The topological polar surface area (TPSA) is 125 Å². The minimum absolute atomic E-state index is 0.0422. The normalized spacial score (nSPS) is 18.5. The number of thioether (sulfide) groups is 1. The van der Waals surface area contributed by atoms with Crippen molar-refractivity contribution in [2.24, 2.45) is 5.73 Å². The maximum atomic E-state index is 13.3. The van der Waals surface area contributed by atoms with Crippen molar-refractivity contribution in [2.75, 3.05) is 20.8 Å². The third kappa shape index (κ3) is 5.83. The Hall–Kier alpha value is -3.53. The smallest absolute Gasteiger partial charge is 0.412 e. The average molecular weight is 473 g/mol. The van der Waals surface area contributed by atoms with Gasteiger partial charge in [0.1, 0.15) is 11.1 Å². The molecule has 9 nitrogen and oxygen atoms in total. The van der Waals surface area contributed by atoms with E-state index < -0.39 is 34.6 Å². The highest BCUT2D eigenvalue weighted by Crippen LogP contribution is 2.45. The number of amides is 2. The van der Waals surface area contributed by atoms with Gasteiger partial charge in [0.2, 0.25) is 5.91 Å². The second-order valence-corrected chi connectivity index (χ2v) is 8.51. The zero-order valence-electron chi connectivity index (χ0n) is 18.1. The number of hydrogen-bond acceptors (Lipinski definition) is 8. The Balaban J connectivity index is 1.92. The Morgan fingerprint density at radius 1 is 1.06 bits per heavy atom. The van der Waals surface area contributed by atoms with Crippen LogP contribution in [0.25, 0.3) is 0 Å². The quantitative estimate of drug-likeness (QED) is 0.459. The number of ether oxygens (including phenoxy) is 3. The minimum atomic E-state index is -1.23. The SMILES string of the molecule is COC(=O)C(CN1C(=O)C(CC(=O)OC(N)=O)SC1c1ccc(OC)cc1)c1ccccc1. The summed E-state index contributed by atoms with van der Waals surface area (Å²) < 4.78 is 14.6. The van der Waals surface area contributed by atoms with Crippen LogP contribution in [0.1, 0.15) is 28.8 Å². The molecule has 33 heavy (non-hydrogen) atoms. The van der Waals surface area contributed by atoms with E-state index in [9.17, 15) is 19.2 Å². The molecule has 1 aliphatic rings. The van der Waals surface area contributed by atoms with Crippen LogP contribution in [0.5, 0.6) is 5.75 Å². The van der Waals surface area contributed by atoms with Gasteiger partial charge in [-0.1, -0.05) is 42.5 Å². The summed E-state index contributed by atoms with van der Waals surface area (Å²) in [5.74, 6) is -1.80. The van der Waals surface area contributed by atoms with Crippen molar-refractivity contribution < 1.29 is 33.4 Å². The summed E-state index contributed by atoms with van der Waals surface area (Å²) in [5.41, 5.74) is 6.40. The number of benzene rings is 2. The molecule has 3 atom stereocenters. The molecule has 174 valence electrons. The number of nitrogens with zero attached hydrogens (tertiary/aromatic N) is 1. The zero-order chi connectivity index (χ0) is 24.0. The number of methoxy groups -OCH3 is 2. The van der Waals surface area contributed by atoms with E-state index in [1.807, 2.05) is 18.2 Å². The molecule has 1 saturated heterocycles. The van der Waals surface area contributed by atoms with Crippen LogP contribution in [-0.2, 0) is 23.9 Å². The summed E-state index contributed by atoms with van der Waals surface area (Å²) in [6.07, 6.45) is -1.56. The molecule has 2 N–H and O–H groups in total. The fourth-order valence-corrected chi connectivity index (χ4v) is 5.03. The van der Waals surface area contributed by atoms with Crippen molar-refractivity contribution in [1.82, 2.24) is 4.90 Å². The van der Waals surface area contributed by atoms with Gasteiger partial charge in [-0.25, -0.2) is 4.79 Å². The molecule has 0 bridgehead atoms. The monoisotopic (exact) mass is 472 g/mol. The lowest BCUT2D eigenvalue weighted by molar-refractivity contribution is -0.144. The van der Waals surface area contributed by atoms with Crippen LogP contribution < -0.4 is 10.5 Å². The van der Waals surface area contributed by atoms with Gasteiger partial charge in [-0.15, -0.1) is 11.8 Å². The molecule has 2 aromatic carbocycles. The largest absolute Gasteiger partial charge is 0.497 e. The summed E-state index contributed by atoms with van der Waals surface area (Å²) in [5, 5.41) is -1.29. The highest BCUT2D eigenvalue weighted by Gasteiger charge is 2.44. The lowest BCUT2D eigenvalue weighted by Crippen LogP contribution is -2.37. The number of carbonyl (C=O) groups excluding carboxylic acids is 4. The summed E-state index contributed by atoms with van der Waals surface area (Å²) in [4.78, 5) is 50.4. The molecule has 1 aliphatic heterocycles. The maximum Gasteiger partial charge on any atom is 0.412 e. The van der Waals surface area contributed by atoms with E-state index in [2.05, 4.69) is 4.74 Å². The zero-order valence-corrected chi connectivity index (χ0v) is 18.9. The lowest BCUT2D eigenvalue weighted by Gasteiger charge is -2.28. The first-order valence-electron chi connectivity index (χ1n) is 10.1. The van der Waals surface area contributed by atoms with Gasteiger partial charge in [0, 0.05) is 6.54 Å². The van der Waals surface area contributed by atoms with Crippen LogP contribution in [0.15, 0.2) is 54.6 Å². The van der Waals surface area contributed by atoms with Gasteiger partial charge < -0.3 is 24.8 Å². The number of hydrogen-bond donors (Lipinski definition) is 1. The van der Waals surface area contributed by atoms with Crippen LogP contribution in [0, 0.1) is 0 Å². The molecule has 10 heteroatoms. The molecular weight excluding hydrogens is 448 g/mol. The maximum absolute atomic E-state index is 13.3. The van der Waals surface area contributed by atoms with E-state index in [-0.39, 0.29) is 18.9 Å². The van der Waals surface area contributed by atoms with E-state index in [1.165, 1.54) is 18.9 Å². The first-order valence-corrected chi connectivity index (χ1v) is 11.0. The predicted molar refractivity (Wildman–Crippen MR) is 120 cm³/mol. The molecule has 1 heterocycles. The van der Waals surface area contributed by atoms with Crippen molar-refractivity contribution in [3.63, 3.8) is 0 Å². The van der Waals surface area contributed by atoms with Crippen molar-refractivity contribution in [3.8, 4) is 5.75 Å². The van der Waals surface area contributed by atoms with Crippen LogP contribution in [0.2, 0.25) is 0 Å². The van der Waals surface area contributed by atoms with E-state index in [0.29, 0.717) is 11.3 Å². The van der Waals surface area contributed by atoms with Crippen LogP contribution in [0.3, 0.4) is 0 Å². The Morgan fingerprint density at radius 2 is 1.73 bits per heavy atom. The average Bonchev–Trinajstić information content (AvgIpc) is 3.11. The first kappa shape index (κ1) is 24.1. The van der Waals surface area contributed by atoms with E-state index in [4.69, 9.17) is 15.2 Å². The molecule has 0 spiro atoms. The Labute approximate surface area is 195 Å². The molecule has 3 unspecified atom stereocenters. The third-order valence-corrected chi connectivity index (χ3v) is 6.65. The first-order chi connectivity index (χ1) is 15.8. The van der Waals surface area contributed by atoms with Crippen molar-refractivity contribution in [2.45, 2.75) is 23.0 Å². The molecule has 0 aromatic heterocycles. The highest BCUT2D eigenvalue weighted by atomic mass is 32.2. The molecule has 2 aromatic rings. The van der Waals surface area contributed by atoms with Gasteiger partial charge in [0.25, 0.3) is 0 Å². The van der Waals surface area contributed by atoms with Crippen LogP contribution >= 0.6 is 11.8 Å². The van der Waals surface area contributed by atoms with Crippen LogP contribution in [-0.4, -0.2) is 54.9 Å². The van der Waals surface area contributed by atoms with Crippen molar-refractivity contribution >= 4 is 35.7 Å². The number of rotatable bonds is 8. The van der Waals surface area contributed by atoms with Gasteiger partial charge in [0.15, 0.2) is 0 Å². The highest BCUT2D eigenvalue weighted by molar-refractivity contribution is 8.01. The standard InChI is InChI=1S/C23H24N2O7S/c1-30-16-10-8-15(9-11-16)21-25(20(27)18(33-21)12-19(26)32-23(24)29)13-17(22(28)31-2)14-6-4-3-5-7-14/h3-11,17-18,21H,12-13H2,1-2H3,(H2,24,29). The molecular formula is C23H24N2O7S. The van der Waals surface area contributed by atoms with Gasteiger partial charge >= 0.3 is 18.0 Å². The number of nitrogens with two attached hydrogens (primary N) is 1. The second kappa shape index (κ2) is 10.9. The van der Waals surface area contributed by atoms with E-state index in [1.54, 1.807) is 48.4 Å². The van der Waals surface area contributed by atoms with Crippen molar-refractivity contribution in [3.05, 3.63) is 65.7 Å². The lowest BCUT2D eigenvalue weighted by atomic mass is 9.98. The molecule has 2 amide bonds. The van der Waals surface area contributed by atoms with E-state index >= 15 is 0 Å². The van der Waals surface area contributed by atoms with Crippen molar-refractivity contribution in [1.29, 1.82) is 0 Å². The summed E-state index contributed by atoms with van der Waals surface area (Å²) in [6, 6.07) is 16.2. The minimum Gasteiger partial charge on any atom is -0.497 e.